The highest BCUT2D eigenvalue weighted by Gasteiger charge is 2.19. The fourth-order valence-corrected chi connectivity index (χ4v) is 3.57. The first kappa shape index (κ1) is 17.1. The molecule has 118 valence electrons. The van der Waals surface area contributed by atoms with E-state index >= 15 is 0 Å². The smallest absolute Gasteiger partial charge is 0.192 e. The van der Waals surface area contributed by atoms with Crippen molar-refractivity contribution >= 4 is 31.8 Å². The highest BCUT2D eigenvalue weighted by Crippen LogP contribution is 2.27. The molecular weight excluding hydrogens is 382 g/mol. The van der Waals surface area contributed by atoms with Gasteiger partial charge in [0, 0.05) is 4.47 Å². The molecule has 0 unspecified atom stereocenters. The van der Waals surface area contributed by atoms with E-state index in [-0.39, 0.29) is 17.3 Å². The van der Waals surface area contributed by atoms with Gasteiger partial charge in [-0.1, -0.05) is 34.1 Å². The molecule has 0 atom stereocenters. The molecule has 2 aromatic rings. The molecule has 2 rings (SSSR count). The second-order valence-electron chi connectivity index (χ2n) is 4.76. The van der Waals surface area contributed by atoms with Crippen LogP contribution in [-0.2, 0) is 15.6 Å². The number of nitriles is 1. The molecule has 7 heteroatoms. The van der Waals surface area contributed by atoms with Crippen molar-refractivity contribution in [3.05, 3.63) is 63.0 Å². The molecule has 2 N–H and O–H groups in total. The highest BCUT2D eigenvalue weighted by atomic mass is 79.9. The Morgan fingerprint density at radius 1 is 1.17 bits per heavy atom. The van der Waals surface area contributed by atoms with Gasteiger partial charge in [-0.15, -0.1) is 0 Å². The lowest BCUT2D eigenvalue weighted by Crippen LogP contribution is -2.06. The standard InChI is InChI=1S/C16H12BrNO4S/c17-13-3-1-2-12(6-13)10-23(21,22)14(9-18)7-11-4-5-15(19)16(20)8-11/h1-8,19-20H,10H2. The maximum absolute atomic E-state index is 12.4. The number of hydrogen-bond donors (Lipinski definition) is 2. The van der Waals surface area contributed by atoms with Crippen LogP contribution in [0.3, 0.4) is 0 Å². The van der Waals surface area contributed by atoms with E-state index in [1.807, 2.05) is 0 Å². The third kappa shape index (κ3) is 4.34. The molecule has 0 saturated heterocycles. The number of allylic oxidation sites excluding steroid dienone is 1. The largest absolute Gasteiger partial charge is 0.504 e. The molecule has 0 bridgehead atoms. The zero-order valence-corrected chi connectivity index (χ0v) is 14.2. The van der Waals surface area contributed by atoms with Crippen LogP contribution in [0, 0.1) is 11.3 Å². The number of benzene rings is 2. The number of rotatable bonds is 4. The Hall–Kier alpha value is -2.30. The second-order valence-corrected chi connectivity index (χ2v) is 7.63. The van der Waals surface area contributed by atoms with Crippen LogP contribution in [0.2, 0.25) is 0 Å². The summed E-state index contributed by atoms with van der Waals surface area (Å²) in [5.41, 5.74) is 0.851. The molecule has 23 heavy (non-hydrogen) atoms. The Balaban J connectivity index is 2.37. The average Bonchev–Trinajstić information content (AvgIpc) is 2.47. The lowest BCUT2D eigenvalue weighted by Gasteiger charge is -2.05. The molecule has 5 nitrogen and oxygen atoms in total. The van der Waals surface area contributed by atoms with Gasteiger partial charge in [0.15, 0.2) is 21.3 Å². The average molecular weight is 394 g/mol. The second kappa shape index (κ2) is 6.86. The van der Waals surface area contributed by atoms with Crippen molar-refractivity contribution in [2.24, 2.45) is 0 Å². The molecule has 0 radical (unpaired) electrons. The Morgan fingerprint density at radius 2 is 1.91 bits per heavy atom. The van der Waals surface area contributed by atoms with Gasteiger partial charge < -0.3 is 10.2 Å². The number of nitrogens with zero attached hydrogens (tertiary/aromatic N) is 1. The Labute approximate surface area is 142 Å². The Kier molecular flexibility index (Phi) is 5.08. The third-order valence-electron chi connectivity index (χ3n) is 2.99. The Morgan fingerprint density at radius 3 is 2.52 bits per heavy atom. The van der Waals surface area contributed by atoms with Gasteiger partial charge in [0.05, 0.1) is 5.75 Å². The topological polar surface area (TPSA) is 98.4 Å². The summed E-state index contributed by atoms with van der Waals surface area (Å²) in [6.45, 7) is 0. The first-order valence-electron chi connectivity index (χ1n) is 6.43. The molecule has 0 amide bonds. The number of phenols is 2. The van der Waals surface area contributed by atoms with Gasteiger partial charge in [-0.2, -0.15) is 5.26 Å². The van der Waals surface area contributed by atoms with Crippen molar-refractivity contribution in [1.29, 1.82) is 5.26 Å². The quantitative estimate of drug-likeness (QED) is 0.612. The van der Waals surface area contributed by atoms with E-state index in [0.717, 1.165) is 10.5 Å². The number of halogens is 1. The molecule has 0 aliphatic heterocycles. The van der Waals surface area contributed by atoms with Crippen LogP contribution < -0.4 is 0 Å². The Bertz CT molecular complexity index is 914. The lowest BCUT2D eigenvalue weighted by atomic mass is 10.2. The molecular formula is C16H12BrNO4S. The SMILES string of the molecule is N#CC(=Cc1ccc(O)c(O)c1)S(=O)(=O)Cc1cccc(Br)c1. The fourth-order valence-electron chi connectivity index (χ4n) is 1.90. The lowest BCUT2D eigenvalue weighted by molar-refractivity contribution is 0.403. The van der Waals surface area contributed by atoms with Crippen LogP contribution in [0.15, 0.2) is 51.8 Å². The van der Waals surface area contributed by atoms with E-state index in [4.69, 9.17) is 5.26 Å². The van der Waals surface area contributed by atoms with Crippen molar-refractivity contribution in [3.63, 3.8) is 0 Å². The molecule has 0 fully saturated rings. The van der Waals surface area contributed by atoms with Crippen LogP contribution in [-0.4, -0.2) is 18.6 Å². The zero-order valence-electron chi connectivity index (χ0n) is 11.8. The van der Waals surface area contributed by atoms with E-state index in [1.54, 1.807) is 30.3 Å². The first-order valence-corrected chi connectivity index (χ1v) is 8.87. The van der Waals surface area contributed by atoms with Gasteiger partial charge in [-0.3, -0.25) is 0 Å². The molecule has 0 aliphatic rings. The van der Waals surface area contributed by atoms with Crippen LogP contribution in [0.25, 0.3) is 6.08 Å². The number of aromatic hydroxyl groups is 2. The predicted molar refractivity (Wildman–Crippen MR) is 90.1 cm³/mol. The summed E-state index contributed by atoms with van der Waals surface area (Å²) >= 11 is 3.27. The predicted octanol–water partition coefficient (Wildman–Crippen LogP) is 3.34. The van der Waals surface area contributed by atoms with Gasteiger partial charge in [0.2, 0.25) is 0 Å². The first-order chi connectivity index (χ1) is 10.8. The summed E-state index contributed by atoms with van der Waals surface area (Å²) in [5, 5.41) is 27.9. The monoisotopic (exact) mass is 393 g/mol. The van der Waals surface area contributed by atoms with Gasteiger partial charge in [0.25, 0.3) is 0 Å². The number of hydrogen-bond acceptors (Lipinski definition) is 5. The molecule has 0 spiro atoms. The summed E-state index contributed by atoms with van der Waals surface area (Å²) in [7, 11) is -3.83. The summed E-state index contributed by atoms with van der Waals surface area (Å²) in [6.07, 6.45) is 1.16. The molecule has 2 aromatic carbocycles. The van der Waals surface area contributed by atoms with Crippen molar-refractivity contribution in [2.75, 3.05) is 0 Å². The summed E-state index contributed by atoms with van der Waals surface area (Å²) < 4.78 is 25.5. The maximum atomic E-state index is 12.4. The fraction of sp³-hybridized carbons (Fsp3) is 0.0625. The summed E-state index contributed by atoms with van der Waals surface area (Å²) in [6, 6.07) is 12.3. The highest BCUT2D eigenvalue weighted by molar-refractivity contribution is 9.10. The summed E-state index contributed by atoms with van der Waals surface area (Å²) in [5.74, 6) is -1.02. The van der Waals surface area contributed by atoms with Crippen molar-refractivity contribution in [3.8, 4) is 17.6 Å². The van der Waals surface area contributed by atoms with Gasteiger partial charge in [0.1, 0.15) is 11.0 Å². The van der Waals surface area contributed by atoms with E-state index in [9.17, 15) is 18.6 Å². The van der Waals surface area contributed by atoms with Crippen molar-refractivity contribution in [1.82, 2.24) is 0 Å². The van der Waals surface area contributed by atoms with Gasteiger partial charge in [-0.25, -0.2) is 8.42 Å². The third-order valence-corrected chi connectivity index (χ3v) is 5.07. The maximum Gasteiger partial charge on any atom is 0.192 e. The van der Waals surface area contributed by atoms with Crippen LogP contribution >= 0.6 is 15.9 Å². The normalized spacial score (nSPS) is 11.9. The van der Waals surface area contributed by atoms with E-state index in [1.165, 1.54) is 18.2 Å². The van der Waals surface area contributed by atoms with E-state index < -0.39 is 14.7 Å². The summed E-state index contributed by atoms with van der Waals surface area (Å²) in [4.78, 5) is -0.414. The van der Waals surface area contributed by atoms with Crippen LogP contribution in [0.5, 0.6) is 11.5 Å². The van der Waals surface area contributed by atoms with Crippen LogP contribution in [0.4, 0.5) is 0 Å². The zero-order chi connectivity index (χ0) is 17.0. The van der Waals surface area contributed by atoms with E-state index in [0.29, 0.717) is 11.1 Å². The van der Waals surface area contributed by atoms with Gasteiger partial charge in [-0.05, 0) is 41.5 Å². The number of phenolic OH excluding ortho intramolecular Hbond substituents is 2. The van der Waals surface area contributed by atoms with Crippen LogP contribution in [0.1, 0.15) is 11.1 Å². The van der Waals surface area contributed by atoms with Gasteiger partial charge >= 0.3 is 0 Å². The minimum Gasteiger partial charge on any atom is -0.504 e. The molecule has 0 saturated carbocycles. The molecule has 0 heterocycles. The number of sulfone groups is 1. The molecule has 0 aliphatic carbocycles. The minimum absolute atomic E-state index is 0.301. The van der Waals surface area contributed by atoms with Crippen molar-refractivity contribution in [2.45, 2.75) is 5.75 Å². The van der Waals surface area contributed by atoms with E-state index in [2.05, 4.69) is 15.9 Å². The minimum atomic E-state index is -3.83. The molecule has 0 aromatic heterocycles. The van der Waals surface area contributed by atoms with Crippen molar-refractivity contribution < 1.29 is 18.6 Å².